The number of fused-ring (bicyclic) bond motifs is 1. The van der Waals surface area contributed by atoms with Gasteiger partial charge in [-0.15, -0.1) is 26.5 Å². The maximum Gasteiger partial charge on any atom is 0.319 e. The fourth-order valence-corrected chi connectivity index (χ4v) is 6.41. The van der Waals surface area contributed by atoms with Gasteiger partial charge in [-0.05, 0) is 73.0 Å². The molecule has 10 nitrogen and oxygen atoms in total. The van der Waals surface area contributed by atoms with Gasteiger partial charge in [-0.2, -0.15) is 0 Å². The van der Waals surface area contributed by atoms with Crippen molar-refractivity contribution in [3.8, 4) is 33.1 Å². The van der Waals surface area contributed by atoms with Crippen molar-refractivity contribution < 1.29 is 33.0 Å². The van der Waals surface area contributed by atoms with E-state index in [9.17, 15) is 28.5 Å². The minimum atomic E-state index is -1.06. The van der Waals surface area contributed by atoms with E-state index in [4.69, 9.17) is 4.74 Å². The number of hydrogen-bond donors (Lipinski definition) is 0. The van der Waals surface area contributed by atoms with Gasteiger partial charge in [-0.1, -0.05) is 41.6 Å². The van der Waals surface area contributed by atoms with Crippen LogP contribution in [0.2, 0.25) is 0 Å². The molecule has 47 heavy (non-hydrogen) atoms. The van der Waals surface area contributed by atoms with Crippen LogP contribution in [0.1, 0.15) is 28.8 Å². The third-order valence-corrected chi connectivity index (χ3v) is 9.17. The van der Waals surface area contributed by atoms with Crippen LogP contribution in [0.25, 0.3) is 37.5 Å². The van der Waals surface area contributed by atoms with Crippen LogP contribution in [-0.4, -0.2) is 38.4 Å². The second-order valence-electron chi connectivity index (χ2n) is 11.1. The molecule has 0 amide bonds. The Labute approximate surface area is 268 Å². The summed E-state index contributed by atoms with van der Waals surface area (Å²) >= 11 is 1.29. The van der Waals surface area contributed by atoms with Crippen molar-refractivity contribution in [1.82, 2.24) is 15.0 Å². The molecule has 4 aromatic carbocycles. The molecule has 1 saturated carbocycles. The topological polar surface area (TPSA) is 126 Å². The lowest BCUT2D eigenvalue weighted by Gasteiger charge is -2.13. The van der Waals surface area contributed by atoms with Crippen LogP contribution in [0.15, 0.2) is 97.2 Å². The molecule has 234 valence electrons. The minimum Gasteiger partial charge on any atom is -0.426 e. The van der Waals surface area contributed by atoms with E-state index in [-0.39, 0.29) is 24.0 Å². The molecule has 2 aromatic heterocycles. The number of thiophene rings is 1. The average Bonchev–Trinajstić information content (AvgIpc) is 3.55. The Balaban J connectivity index is 1.19. The molecule has 0 aliphatic heterocycles. The summed E-state index contributed by atoms with van der Waals surface area (Å²) in [5, 5.41) is 18.6. The van der Waals surface area contributed by atoms with Crippen LogP contribution in [0.3, 0.4) is 0 Å². The Hall–Kier alpha value is -5.82. The number of carbonyl (C=O) groups is 2. The Bertz CT molecular complexity index is 2160. The van der Waals surface area contributed by atoms with Crippen molar-refractivity contribution in [2.24, 2.45) is 5.41 Å². The first-order valence-electron chi connectivity index (χ1n) is 14.3. The summed E-state index contributed by atoms with van der Waals surface area (Å²) < 4.78 is 34.9. The molecule has 0 atom stereocenters. The second kappa shape index (κ2) is 11.8. The highest BCUT2D eigenvalue weighted by Crippen LogP contribution is 2.48. The van der Waals surface area contributed by atoms with Gasteiger partial charge in [0.15, 0.2) is 5.78 Å². The molecule has 2 heterocycles. The van der Waals surface area contributed by atoms with Crippen molar-refractivity contribution in [3.05, 3.63) is 130 Å². The number of rotatable bonds is 10. The number of benzene rings is 4. The fraction of sp³-hybridized carbons (Fsp3) is 0.118. The molecule has 0 unspecified atom stereocenters. The summed E-state index contributed by atoms with van der Waals surface area (Å²) in [6.45, 7) is -0.376. The van der Waals surface area contributed by atoms with Crippen LogP contribution in [0, 0.1) is 27.2 Å². The molecule has 1 aliphatic rings. The van der Waals surface area contributed by atoms with Gasteiger partial charge in [-0.3, -0.25) is 9.59 Å². The molecule has 7 rings (SSSR count). The molecule has 0 N–H and O–H groups in total. The van der Waals surface area contributed by atoms with E-state index in [0.717, 1.165) is 0 Å². The zero-order chi connectivity index (χ0) is 32.7. The molecule has 0 spiro atoms. The van der Waals surface area contributed by atoms with E-state index < -0.39 is 22.3 Å². The Morgan fingerprint density at radius 3 is 2.23 bits per heavy atom. The Morgan fingerprint density at radius 2 is 1.57 bits per heavy atom. The van der Waals surface area contributed by atoms with Gasteiger partial charge in [0, 0.05) is 31.7 Å². The summed E-state index contributed by atoms with van der Waals surface area (Å²) in [7, 11) is 0. The van der Waals surface area contributed by atoms with Gasteiger partial charge in [-0.25, -0.2) is 13.5 Å². The predicted molar refractivity (Wildman–Crippen MR) is 168 cm³/mol. The fourth-order valence-electron chi connectivity index (χ4n) is 5.17. The summed E-state index contributed by atoms with van der Waals surface area (Å²) in [6, 6.07) is 23.4. The lowest BCUT2D eigenvalue weighted by molar-refractivity contribution is -0.759. The van der Waals surface area contributed by atoms with Crippen LogP contribution in [-0.2, 0) is 9.63 Å². The number of aromatic nitrogens is 3. The molecule has 1 aliphatic carbocycles. The molecule has 0 radical (unpaired) electrons. The van der Waals surface area contributed by atoms with Gasteiger partial charge in [0.2, 0.25) is 0 Å². The Morgan fingerprint density at radius 1 is 0.915 bits per heavy atom. The number of ether oxygens (including phenoxy) is 1. The van der Waals surface area contributed by atoms with E-state index in [1.165, 1.54) is 40.3 Å². The van der Waals surface area contributed by atoms with Crippen molar-refractivity contribution in [2.75, 3.05) is 6.61 Å². The second-order valence-corrected chi connectivity index (χ2v) is 12.1. The lowest BCUT2D eigenvalue weighted by atomic mass is 9.96. The smallest absolute Gasteiger partial charge is 0.319 e. The quantitative estimate of drug-likeness (QED) is 0.0499. The van der Waals surface area contributed by atoms with Crippen molar-refractivity contribution in [3.63, 3.8) is 0 Å². The van der Waals surface area contributed by atoms with Crippen molar-refractivity contribution >= 4 is 33.2 Å². The monoisotopic (exact) mass is 652 g/mol. The summed E-state index contributed by atoms with van der Waals surface area (Å²) in [4.78, 5) is 42.6. The number of halogens is 2. The largest absolute Gasteiger partial charge is 0.426 e. The Kier molecular flexibility index (Phi) is 7.52. The van der Waals surface area contributed by atoms with E-state index in [0.29, 0.717) is 61.4 Å². The van der Waals surface area contributed by atoms with Crippen molar-refractivity contribution in [1.29, 1.82) is 0 Å². The van der Waals surface area contributed by atoms with Crippen LogP contribution >= 0.6 is 11.3 Å². The van der Waals surface area contributed by atoms with E-state index in [2.05, 4.69) is 15.1 Å². The van der Waals surface area contributed by atoms with Crippen LogP contribution < -0.4 is 4.74 Å². The summed E-state index contributed by atoms with van der Waals surface area (Å²) in [6.07, 6.45) is 2.54. The number of nitrogens with zero attached hydrogens (tertiary/aromatic N) is 4. The van der Waals surface area contributed by atoms with Gasteiger partial charge >= 0.3 is 5.97 Å². The van der Waals surface area contributed by atoms with Crippen LogP contribution in [0.4, 0.5) is 8.78 Å². The molecule has 0 saturated heterocycles. The number of ketones is 1. The van der Waals surface area contributed by atoms with Gasteiger partial charge in [0.1, 0.15) is 29.7 Å². The van der Waals surface area contributed by atoms with E-state index in [1.807, 2.05) is 0 Å². The molecular formula is C34H22F2N4O6S. The maximum atomic E-state index is 14.1. The van der Waals surface area contributed by atoms with Gasteiger partial charge < -0.3 is 9.57 Å². The van der Waals surface area contributed by atoms with E-state index in [1.54, 1.807) is 72.9 Å². The first-order valence-corrected chi connectivity index (χ1v) is 15.2. The maximum absolute atomic E-state index is 14.1. The molecule has 1 fully saturated rings. The standard InChI is InChI=1S/C34H22F2N4O6S/c35-23-7-5-22(6-8-23)32-30(27-14-13-26(17-29(27)47-32)46-33(42)34(15-16-34)19-45-40(43)44)31(41)21-3-1-20(2-4-21)28-18-39(38-37-28)25-11-9-24(36)10-12-25/h1-14,17-18H,15-16,19H2. The van der Waals surface area contributed by atoms with E-state index >= 15 is 0 Å². The highest BCUT2D eigenvalue weighted by molar-refractivity contribution is 7.22. The zero-order valence-electron chi connectivity index (χ0n) is 24.3. The lowest BCUT2D eigenvalue weighted by Crippen LogP contribution is -2.27. The first-order chi connectivity index (χ1) is 22.7. The average molecular weight is 653 g/mol. The summed E-state index contributed by atoms with van der Waals surface area (Å²) in [5.41, 5.74) is 2.30. The minimum absolute atomic E-state index is 0.221. The number of esters is 1. The third-order valence-electron chi connectivity index (χ3n) is 7.97. The molecular weight excluding hydrogens is 630 g/mol. The number of carbonyl (C=O) groups excluding carboxylic acids is 2. The summed E-state index contributed by atoms with van der Waals surface area (Å²) in [5.74, 6) is -1.44. The van der Waals surface area contributed by atoms with Crippen LogP contribution in [0.5, 0.6) is 5.75 Å². The SMILES string of the molecule is O=C(c1ccc(-c2cn(-c3ccc(F)cc3)nn2)cc1)c1c(-c2ccc(F)cc2)sc2cc(OC(=O)C3(CO[N+](=O)[O-])CC3)ccc12. The molecule has 6 aromatic rings. The third kappa shape index (κ3) is 5.95. The highest BCUT2D eigenvalue weighted by Gasteiger charge is 2.52. The van der Waals surface area contributed by atoms with Gasteiger partial charge in [0.05, 0.1) is 17.3 Å². The van der Waals surface area contributed by atoms with Gasteiger partial charge in [0.25, 0.3) is 5.09 Å². The number of hydrogen-bond acceptors (Lipinski definition) is 9. The zero-order valence-corrected chi connectivity index (χ0v) is 25.1. The predicted octanol–water partition coefficient (Wildman–Crippen LogP) is 7.22. The van der Waals surface area contributed by atoms with Crippen molar-refractivity contribution in [2.45, 2.75) is 12.8 Å². The molecule has 0 bridgehead atoms. The first kappa shape index (κ1) is 29.9. The normalized spacial score (nSPS) is 13.3. The highest BCUT2D eigenvalue weighted by atomic mass is 32.1. The molecule has 13 heteroatoms.